The summed E-state index contributed by atoms with van der Waals surface area (Å²) in [5.74, 6) is 3.42. The van der Waals surface area contributed by atoms with Crippen LogP contribution in [0.3, 0.4) is 0 Å². The summed E-state index contributed by atoms with van der Waals surface area (Å²) in [5.41, 5.74) is 2.26. The van der Waals surface area contributed by atoms with Crippen molar-refractivity contribution < 1.29 is 9.26 Å². The monoisotopic (exact) mass is 401 g/mol. The van der Waals surface area contributed by atoms with Crippen molar-refractivity contribution in [2.24, 2.45) is 4.99 Å². The molecule has 0 aliphatic heterocycles. The minimum absolute atomic E-state index is 0.131. The van der Waals surface area contributed by atoms with Crippen LogP contribution >= 0.6 is 0 Å². The third-order valence-corrected chi connectivity index (χ3v) is 4.20. The lowest BCUT2D eigenvalue weighted by atomic mass is 10.1. The molecule has 0 fully saturated rings. The number of hydrogen-bond acceptors (Lipinski definition) is 5. The maximum atomic E-state index is 5.95. The van der Waals surface area contributed by atoms with E-state index in [0.717, 1.165) is 49.0 Å². The molecule has 1 aromatic carbocycles. The Morgan fingerprint density at radius 3 is 2.66 bits per heavy atom. The highest BCUT2D eigenvalue weighted by atomic mass is 16.5. The van der Waals surface area contributed by atoms with E-state index in [1.165, 1.54) is 5.56 Å². The fourth-order valence-corrected chi connectivity index (χ4v) is 2.71. The Balaban J connectivity index is 1.90. The van der Waals surface area contributed by atoms with Crippen molar-refractivity contribution in [3.8, 4) is 5.75 Å². The van der Waals surface area contributed by atoms with Crippen LogP contribution in [0.15, 0.2) is 27.7 Å². The van der Waals surface area contributed by atoms with Gasteiger partial charge in [0.2, 0.25) is 5.89 Å². The first-order valence-electron chi connectivity index (χ1n) is 10.5. The van der Waals surface area contributed by atoms with Crippen LogP contribution in [0.5, 0.6) is 5.75 Å². The van der Waals surface area contributed by atoms with Crippen LogP contribution in [0.4, 0.5) is 0 Å². The average molecular weight is 402 g/mol. The minimum Gasteiger partial charge on any atom is -0.491 e. The van der Waals surface area contributed by atoms with Gasteiger partial charge in [-0.15, -0.1) is 0 Å². The quantitative estimate of drug-likeness (QED) is 0.356. The summed E-state index contributed by atoms with van der Waals surface area (Å²) in [6.45, 7) is 14.4. The van der Waals surface area contributed by atoms with Crippen molar-refractivity contribution in [3.05, 3.63) is 41.0 Å². The number of aromatic nitrogens is 2. The number of nitrogens with one attached hydrogen (secondary N) is 2. The van der Waals surface area contributed by atoms with Crippen molar-refractivity contribution in [1.82, 2.24) is 20.8 Å². The molecule has 29 heavy (non-hydrogen) atoms. The van der Waals surface area contributed by atoms with E-state index in [4.69, 9.17) is 14.3 Å². The summed E-state index contributed by atoms with van der Waals surface area (Å²) in [6, 6.07) is 6.25. The predicted molar refractivity (Wildman–Crippen MR) is 116 cm³/mol. The number of ether oxygens (including phenoxy) is 1. The summed E-state index contributed by atoms with van der Waals surface area (Å²) in [7, 11) is 0. The smallest absolute Gasteiger partial charge is 0.226 e. The Morgan fingerprint density at radius 1 is 1.21 bits per heavy atom. The second-order valence-corrected chi connectivity index (χ2v) is 7.70. The highest BCUT2D eigenvalue weighted by Crippen LogP contribution is 2.22. The Morgan fingerprint density at radius 2 is 2.00 bits per heavy atom. The molecule has 7 nitrogen and oxygen atoms in total. The van der Waals surface area contributed by atoms with Crippen LogP contribution in [0.2, 0.25) is 0 Å². The zero-order chi connectivity index (χ0) is 21.2. The molecule has 0 bridgehead atoms. The summed E-state index contributed by atoms with van der Waals surface area (Å²) in [5, 5.41) is 10.7. The van der Waals surface area contributed by atoms with E-state index in [1.54, 1.807) is 0 Å². The van der Waals surface area contributed by atoms with Crippen LogP contribution in [0.1, 0.15) is 69.8 Å². The first-order valence-corrected chi connectivity index (χ1v) is 10.5. The van der Waals surface area contributed by atoms with Crippen molar-refractivity contribution in [3.63, 3.8) is 0 Å². The summed E-state index contributed by atoms with van der Waals surface area (Å²) in [4.78, 5) is 9.13. The molecule has 0 aliphatic rings. The SMILES string of the molecule is CCNC(=NCc1ccc(C)cc1OC(C)C)NCCCc1nc(C(C)C)no1. The molecule has 0 amide bonds. The lowest BCUT2D eigenvalue weighted by Gasteiger charge is -2.15. The van der Waals surface area contributed by atoms with Gasteiger partial charge in [-0.25, -0.2) is 4.99 Å². The minimum atomic E-state index is 0.131. The van der Waals surface area contributed by atoms with Gasteiger partial charge in [0.25, 0.3) is 0 Å². The molecule has 0 atom stereocenters. The first-order chi connectivity index (χ1) is 13.9. The molecule has 0 radical (unpaired) electrons. The largest absolute Gasteiger partial charge is 0.491 e. The van der Waals surface area contributed by atoms with Gasteiger partial charge >= 0.3 is 0 Å². The second kappa shape index (κ2) is 11.4. The molecular weight excluding hydrogens is 366 g/mol. The van der Waals surface area contributed by atoms with Crippen LogP contribution < -0.4 is 15.4 Å². The molecule has 1 aromatic heterocycles. The molecule has 160 valence electrons. The van der Waals surface area contributed by atoms with Gasteiger partial charge in [0.1, 0.15) is 5.75 Å². The predicted octanol–water partition coefficient (Wildman–Crippen LogP) is 3.98. The van der Waals surface area contributed by atoms with Gasteiger partial charge in [-0.2, -0.15) is 4.98 Å². The van der Waals surface area contributed by atoms with Crippen LogP contribution in [-0.2, 0) is 13.0 Å². The molecule has 2 aromatic rings. The van der Waals surface area contributed by atoms with Crippen molar-refractivity contribution in [2.45, 2.75) is 73.0 Å². The van der Waals surface area contributed by atoms with Gasteiger partial charge in [0.05, 0.1) is 12.6 Å². The molecule has 2 rings (SSSR count). The fourth-order valence-electron chi connectivity index (χ4n) is 2.71. The summed E-state index contributed by atoms with van der Waals surface area (Å²) < 4.78 is 11.2. The van der Waals surface area contributed by atoms with Crippen molar-refractivity contribution in [2.75, 3.05) is 13.1 Å². The van der Waals surface area contributed by atoms with E-state index in [-0.39, 0.29) is 12.0 Å². The van der Waals surface area contributed by atoms with Crippen LogP contribution in [0.25, 0.3) is 0 Å². The Hall–Kier alpha value is -2.57. The topological polar surface area (TPSA) is 84.6 Å². The fraction of sp³-hybridized carbons (Fsp3) is 0.591. The molecular formula is C22H35N5O2. The van der Waals surface area contributed by atoms with Crippen LogP contribution in [-0.4, -0.2) is 35.3 Å². The van der Waals surface area contributed by atoms with Gasteiger partial charge in [-0.1, -0.05) is 31.1 Å². The number of guanidine groups is 1. The number of nitrogens with zero attached hydrogens (tertiary/aromatic N) is 3. The molecule has 0 unspecified atom stereocenters. The standard InChI is InChI=1S/C22H35N5O2/c1-7-23-22(24-12-8-9-20-26-21(15(2)3)27-29-20)25-14-18-11-10-17(6)13-19(18)28-16(4)5/h10-11,13,15-16H,7-9,12,14H2,1-6H3,(H2,23,24,25). The lowest BCUT2D eigenvalue weighted by molar-refractivity contribution is 0.240. The van der Waals surface area contributed by atoms with E-state index in [1.807, 2.05) is 13.8 Å². The number of aryl methyl sites for hydroxylation is 2. The maximum absolute atomic E-state index is 5.95. The van der Waals surface area contributed by atoms with E-state index < -0.39 is 0 Å². The van der Waals surface area contributed by atoms with E-state index in [0.29, 0.717) is 12.4 Å². The first kappa shape index (κ1) is 22.7. The number of hydrogen-bond donors (Lipinski definition) is 2. The maximum Gasteiger partial charge on any atom is 0.226 e. The molecule has 0 aliphatic carbocycles. The highest BCUT2D eigenvalue weighted by Gasteiger charge is 2.10. The van der Waals surface area contributed by atoms with Crippen LogP contribution in [0, 0.1) is 6.92 Å². The number of rotatable bonds is 10. The van der Waals surface area contributed by atoms with E-state index in [2.05, 4.69) is 66.7 Å². The molecule has 0 saturated carbocycles. The van der Waals surface area contributed by atoms with Gasteiger partial charge < -0.3 is 19.9 Å². The summed E-state index contributed by atoms with van der Waals surface area (Å²) >= 11 is 0. The molecule has 1 heterocycles. The van der Waals surface area contributed by atoms with Crippen molar-refractivity contribution >= 4 is 5.96 Å². The van der Waals surface area contributed by atoms with Gasteiger partial charge in [-0.3, -0.25) is 0 Å². The Labute approximate surface area is 174 Å². The summed E-state index contributed by atoms with van der Waals surface area (Å²) in [6.07, 6.45) is 1.76. The molecule has 2 N–H and O–H groups in total. The zero-order valence-corrected chi connectivity index (χ0v) is 18.6. The number of benzene rings is 1. The Bertz CT molecular complexity index is 783. The zero-order valence-electron chi connectivity index (χ0n) is 18.6. The second-order valence-electron chi connectivity index (χ2n) is 7.70. The average Bonchev–Trinajstić information content (AvgIpc) is 3.13. The highest BCUT2D eigenvalue weighted by molar-refractivity contribution is 5.79. The Kier molecular flexibility index (Phi) is 8.96. The molecule has 7 heteroatoms. The van der Waals surface area contributed by atoms with Gasteiger partial charge in [-0.05, 0) is 45.7 Å². The van der Waals surface area contributed by atoms with E-state index in [9.17, 15) is 0 Å². The molecule has 0 spiro atoms. The van der Waals surface area contributed by atoms with E-state index >= 15 is 0 Å². The van der Waals surface area contributed by atoms with Gasteiger partial charge in [0, 0.05) is 31.0 Å². The lowest BCUT2D eigenvalue weighted by Crippen LogP contribution is -2.37. The van der Waals surface area contributed by atoms with Crippen molar-refractivity contribution in [1.29, 1.82) is 0 Å². The normalized spacial score (nSPS) is 11.9. The third kappa shape index (κ3) is 7.75. The third-order valence-electron chi connectivity index (χ3n) is 4.20. The molecule has 0 saturated heterocycles. The van der Waals surface area contributed by atoms with Gasteiger partial charge in [0.15, 0.2) is 11.8 Å². The number of aliphatic imine (C=N–C) groups is 1.